The van der Waals surface area contributed by atoms with E-state index in [9.17, 15) is 0 Å². The van der Waals surface area contributed by atoms with E-state index in [0.717, 1.165) is 5.69 Å². The summed E-state index contributed by atoms with van der Waals surface area (Å²) >= 11 is 0. The number of pyridine rings is 1. The van der Waals surface area contributed by atoms with Crippen molar-refractivity contribution in [2.75, 3.05) is 18.1 Å². The van der Waals surface area contributed by atoms with E-state index in [1.165, 1.54) is 0 Å². The molecule has 0 aliphatic carbocycles. The molecule has 0 aliphatic heterocycles. The van der Waals surface area contributed by atoms with Gasteiger partial charge in [-0.15, -0.1) is 0 Å². The summed E-state index contributed by atoms with van der Waals surface area (Å²) < 4.78 is 0. The zero-order valence-electron chi connectivity index (χ0n) is 7.37. The van der Waals surface area contributed by atoms with Gasteiger partial charge in [0.1, 0.15) is 11.6 Å². The normalized spacial score (nSPS) is 9.38. The Morgan fingerprint density at radius 3 is 2.92 bits per heavy atom. The molecule has 0 saturated heterocycles. The Morgan fingerprint density at radius 2 is 2.38 bits per heavy atom. The second-order valence-electron chi connectivity index (χ2n) is 2.45. The van der Waals surface area contributed by atoms with Gasteiger partial charge in [-0.3, -0.25) is 0 Å². The third-order valence-electron chi connectivity index (χ3n) is 1.65. The average Bonchev–Trinajstić information content (AvgIpc) is 2.17. The molecule has 70 valence electrons. The quantitative estimate of drug-likeness (QED) is 0.467. The number of aromatic nitrogens is 1. The molecule has 0 radical (unpaired) electrons. The Bertz CT molecular complexity index is 324. The Morgan fingerprint density at radius 1 is 1.69 bits per heavy atom. The molecule has 5 heteroatoms. The van der Waals surface area contributed by atoms with E-state index in [1.807, 2.05) is 0 Å². The maximum absolute atomic E-state index is 5.57. The smallest absolute Gasteiger partial charge is 0.148 e. The molecule has 1 heterocycles. The van der Waals surface area contributed by atoms with E-state index in [4.69, 9.17) is 11.6 Å². The molecule has 0 bridgehead atoms. The van der Waals surface area contributed by atoms with Gasteiger partial charge < -0.3 is 15.9 Å². The Hall–Kier alpha value is -1.75. The highest BCUT2D eigenvalue weighted by Gasteiger charge is 2.03. The van der Waals surface area contributed by atoms with Crippen molar-refractivity contribution in [1.29, 1.82) is 0 Å². The van der Waals surface area contributed by atoms with Crippen molar-refractivity contribution in [3.05, 3.63) is 24.4 Å². The first-order valence-corrected chi connectivity index (χ1v) is 3.68. The number of nitrogens with zero attached hydrogens (tertiary/aromatic N) is 1. The summed E-state index contributed by atoms with van der Waals surface area (Å²) in [7, 11) is 1.75. The van der Waals surface area contributed by atoms with Gasteiger partial charge in [-0.1, -0.05) is 6.58 Å². The minimum absolute atomic E-state index is 0.351. The molecule has 1 rings (SSSR count). The van der Waals surface area contributed by atoms with Crippen LogP contribution < -0.4 is 16.9 Å². The van der Waals surface area contributed by atoms with Gasteiger partial charge in [0.05, 0.1) is 5.69 Å². The minimum Gasteiger partial charge on any atom is -0.411 e. The van der Waals surface area contributed by atoms with Crippen LogP contribution >= 0.6 is 0 Å². The first-order chi connectivity index (χ1) is 6.19. The highest BCUT2D eigenvalue weighted by molar-refractivity contribution is 5.68. The molecule has 13 heavy (non-hydrogen) atoms. The predicted molar refractivity (Wildman–Crippen MR) is 52.5 cm³/mol. The number of hydrogen-bond donors (Lipinski definition) is 3. The van der Waals surface area contributed by atoms with E-state index in [0.29, 0.717) is 17.1 Å². The average molecular weight is 180 g/mol. The molecule has 0 unspecified atom stereocenters. The summed E-state index contributed by atoms with van der Waals surface area (Å²) in [6.07, 6.45) is 1.55. The number of rotatable bonds is 3. The number of nitrogen functional groups attached to an aromatic ring is 1. The molecule has 0 saturated carbocycles. The standard InChI is InChI=1S/C8H12N4O/c1-5(13-10)6-3-7(11-2)8(9)12-4-6/h3-4,11H,1,10H2,2H3,(H2,9,12). The summed E-state index contributed by atoms with van der Waals surface area (Å²) in [6.45, 7) is 3.59. The molecule has 5 nitrogen and oxygen atoms in total. The molecular formula is C8H12N4O. The first-order valence-electron chi connectivity index (χ1n) is 3.68. The van der Waals surface area contributed by atoms with Gasteiger partial charge in [0, 0.05) is 18.8 Å². The van der Waals surface area contributed by atoms with Gasteiger partial charge in [0.15, 0.2) is 0 Å². The van der Waals surface area contributed by atoms with Gasteiger partial charge in [-0.05, 0) is 6.07 Å². The largest absolute Gasteiger partial charge is 0.411 e. The molecule has 1 aromatic rings. The van der Waals surface area contributed by atoms with Gasteiger partial charge in [-0.2, -0.15) is 5.90 Å². The van der Waals surface area contributed by atoms with Crippen LogP contribution in [0.25, 0.3) is 5.76 Å². The molecule has 1 aromatic heterocycles. The van der Waals surface area contributed by atoms with Crippen LogP contribution in [0.4, 0.5) is 11.5 Å². The lowest BCUT2D eigenvalue weighted by atomic mass is 10.2. The summed E-state index contributed by atoms with van der Waals surface area (Å²) in [5, 5.41) is 2.89. The Balaban J connectivity index is 3.06. The lowest BCUT2D eigenvalue weighted by Gasteiger charge is -2.07. The van der Waals surface area contributed by atoms with Crippen molar-refractivity contribution in [2.45, 2.75) is 0 Å². The van der Waals surface area contributed by atoms with Crippen LogP contribution in [0, 0.1) is 0 Å². The summed E-state index contributed by atoms with van der Waals surface area (Å²) in [5.41, 5.74) is 6.98. The lowest BCUT2D eigenvalue weighted by molar-refractivity contribution is 0.292. The molecule has 0 amide bonds. The van der Waals surface area contributed by atoms with E-state index >= 15 is 0 Å². The zero-order valence-corrected chi connectivity index (χ0v) is 7.37. The molecule has 0 fully saturated rings. The molecule has 0 spiro atoms. The van der Waals surface area contributed by atoms with Crippen LogP contribution in [0.2, 0.25) is 0 Å². The maximum atomic E-state index is 5.57. The maximum Gasteiger partial charge on any atom is 0.148 e. The Labute approximate surface area is 76.4 Å². The summed E-state index contributed by atoms with van der Waals surface area (Å²) in [4.78, 5) is 8.41. The highest BCUT2D eigenvalue weighted by atomic mass is 16.6. The van der Waals surface area contributed by atoms with Crippen LogP contribution in [0.15, 0.2) is 18.8 Å². The van der Waals surface area contributed by atoms with Crippen LogP contribution in [0.5, 0.6) is 0 Å². The van der Waals surface area contributed by atoms with Crippen molar-refractivity contribution in [2.24, 2.45) is 5.90 Å². The third-order valence-corrected chi connectivity index (χ3v) is 1.65. The van der Waals surface area contributed by atoms with Crippen LogP contribution in [0.3, 0.4) is 0 Å². The fourth-order valence-electron chi connectivity index (χ4n) is 0.896. The molecular weight excluding hydrogens is 168 g/mol. The van der Waals surface area contributed by atoms with Gasteiger partial charge in [0.2, 0.25) is 0 Å². The second kappa shape index (κ2) is 3.77. The predicted octanol–water partition coefficient (Wildman–Crippen LogP) is 0.566. The number of anilines is 2. The summed E-state index contributed by atoms with van der Waals surface area (Å²) in [6, 6.07) is 1.76. The second-order valence-corrected chi connectivity index (χ2v) is 2.45. The van der Waals surface area contributed by atoms with Gasteiger partial charge in [0.25, 0.3) is 0 Å². The fraction of sp³-hybridized carbons (Fsp3) is 0.125. The minimum atomic E-state index is 0.351. The van der Waals surface area contributed by atoms with E-state index in [2.05, 4.69) is 21.7 Å². The topological polar surface area (TPSA) is 86.2 Å². The summed E-state index contributed by atoms with van der Waals surface area (Å²) in [5.74, 6) is 5.73. The van der Waals surface area contributed by atoms with E-state index in [-0.39, 0.29) is 0 Å². The molecule has 0 aliphatic rings. The highest BCUT2D eigenvalue weighted by Crippen LogP contribution is 2.20. The third kappa shape index (κ3) is 1.88. The van der Waals surface area contributed by atoms with E-state index < -0.39 is 0 Å². The van der Waals surface area contributed by atoms with Crippen molar-refractivity contribution in [3.63, 3.8) is 0 Å². The number of nitrogens with one attached hydrogen (secondary N) is 1. The van der Waals surface area contributed by atoms with Crippen molar-refractivity contribution >= 4 is 17.3 Å². The zero-order chi connectivity index (χ0) is 9.84. The Kier molecular flexibility index (Phi) is 2.71. The number of nitrogens with two attached hydrogens (primary N) is 2. The van der Waals surface area contributed by atoms with Crippen molar-refractivity contribution in [1.82, 2.24) is 4.98 Å². The first kappa shape index (κ1) is 9.34. The monoisotopic (exact) mass is 180 g/mol. The van der Waals surface area contributed by atoms with Crippen LogP contribution in [-0.4, -0.2) is 12.0 Å². The SMILES string of the molecule is C=C(ON)c1cnc(N)c(NC)c1. The molecule has 5 N–H and O–H groups in total. The number of hydrogen-bond acceptors (Lipinski definition) is 5. The fourth-order valence-corrected chi connectivity index (χ4v) is 0.896. The lowest BCUT2D eigenvalue weighted by Crippen LogP contribution is -2.02. The van der Waals surface area contributed by atoms with Gasteiger partial charge in [-0.25, -0.2) is 4.98 Å². The van der Waals surface area contributed by atoms with Crippen molar-refractivity contribution < 1.29 is 4.84 Å². The van der Waals surface area contributed by atoms with Crippen LogP contribution in [-0.2, 0) is 4.84 Å². The van der Waals surface area contributed by atoms with Gasteiger partial charge >= 0.3 is 0 Å². The van der Waals surface area contributed by atoms with E-state index in [1.54, 1.807) is 19.3 Å². The molecule has 0 atom stereocenters. The van der Waals surface area contributed by atoms with Crippen molar-refractivity contribution in [3.8, 4) is 0 Å². The van der Waals surface area contributed by atoms with Crippen LogP contribution in [0.1, 0.15) is 5.56 Å². The molecule has 0 aromatic carbocycles.